The van der Waals surface area contributed by atoms with Crippen molar-refractivity contribution in [2.45, 2.75) is 23.0 Å². The number of aromatic nitrogens is 1. The van der Waals surface area contributed by atoms with Gasteiger partial charge in [-0.2, -0.15) is 0 Å². The Bertz CT molecular complexity index is 1200. The number of ether oxygens (including phenoxy) is 2. The number of methoxy groups -OCH3 is 2. The van der Waals surface area contributed by atoms with Crippen molar-refractivity contribution in [3.05, 3.63) is 51.8 Å². The second-order valence-electron chi connectivity index (χ2n) is 7.42. The van der Waals surface area contributed by atoms with E-state index < -0.39 is 15.1 Å². The van der Waals surface area contributed by atoms with Crippen LogP contribution in [0.4, 0.5) is 5.13 Å². The first kappa shape index (κ1) is 23.2. The topological polar surface area (TPSA) is 68.7 Å². The molecule has 6 nitrogen and oxygen atoms in total. The van der Waals surface area contributed by atoms with E-state index in [1.807, 2.05) is 17.5 Å². The molecule has 0 spiro atoms. The summed E-state index contributed by atoms with van der Waals surface area (Å²) in [5.41, 5.74) is 1.65. The first-order chi connectivity index (χ1) is 15.3. The average molecular weight is 513 g/mol. The Morgan fingerprint density at radius 2 is 1.72 bits per heavy atom. The van der Waals surface area contributed by atoms with Gasteiger partial charge in [-0.05, 0) is 43.2 Å². The van der Waals surface area contributed by atoms with Crippen molar-refractivity contribution in [2.75, 3.05) is 32.2 Å². The van der Waals surface area contributed by atoms with E-state index >= 15 is 0 Å². The molecule has 0 bridgehead atoms. The molecule has 4 rings (SSSR count). The van der Waals surface area contributed by atoms with Crippen LogP contribution in [0, 0.1) is 0 Å². The highest BCUT2D eigenvalue weighted by Crippen LogP contribution is 2.36. The van der Waals surface area contributed by atoms with Crippen LogP contribution in [0.2, 0.25) is 10.0 Å². The van der Waals surface area contributed by atoms with Crippen LogP contribution in [0.25, 0.3) is 11.3 Å². The van der Waals surface area contributed by atoms with Crippen LogP contribution < -0.4 is 14.4 Å². The minimum Gasteiger partial charge on any atom is -0.497 e. The maximum atomic E-state index is 13.3. The minimum absolute atomic E-state index is 0.202. The van der Waals surface area contributed by atoms with Gasteiger partial charge in [-0.25, -0.2) is 13.4 Å². The van der Waals surface area contributed by atoms with Crippen molar-refractivity contribution in [3.8, 4) is 22.8 Å². The number of thiazole rings is 1. The summed E-state index contributed by atoms with van der Waals surface area (Å²) >= 11 is 13.7. The molecule has 1 saturated heterocycles. The molecule has 1 fully saturated rings. The Morgan fingerprint density at radius 1 is 1.03 bits per heavy atom. The standard InChI is InChI=1S/C22H22Cl2N2O4S2/c1-29-17-3-4-21(20(12-17)30-2)32(27,28)18-5-7-26(8-6-18)22-25-19(13-31-22)14-9-15(23)11-16(24)10-14/h3-4,9-13,18H,5-8H2,1-2H3. The van der Waals surface area contributed by atoms with E-state index in [0.717, 1.165) is 16.4 Å². The largest absolute Gasteiger partial charge is 0.497 e. The van der Waals surface area contributed by atoms with Crippen LogP contribution in [-0.4, -0.2) is 46.0 Å². The van der Waals surface area contributed by atoms with Crippen molar-refractivity contribution in [3.63, 3.8) is 0 Å². The fraction of sp³-hybridized carbons (Fsp3) is 0.318. The van der Waals surface area contributed by atoms with Crippen LogP contribution in [0.5, 0.6) is 11.5 Å². The van der Waals surface area contributed by atoms with E-state index in [0.29, 0.717) is 47.5 Å². The number of sulfone groups is 1. The Morgan fingerprint density at radius 3 is 2.34 bits per heavy atom. The maximum absolute atomic E-state index is 13.3. The number of nitrogens with zero attached hydrogens (tertiary/aromatic N) is 2. The predicted molar refractivity (Wildman–Crippen MR) is 130 cm³/mol. The Hall–Kier alpha value is -2.00. The molecule has 0 aliphatic carbocycles. The fourth-order valence-corrected chi connectivity index (χ4v) is 7.08. The highest BCUT2D eigenvalue weighted by molar-refractivity contribution is 7.92. The lowest BCUT2D eigenvalue weighted by Gasteiger charge is -2.31. The first-order valence-electron chi connectivity index (χ1n) is 9.94. The summed E-state index contributed by atoms with van der Waals surface area (Å²) < 4.78 is 37.1. The van der Waals surface area contributed by atoms with Crippen molar-refractivity contribution in [2.24, 2.45) is 0 Å². The van der Waals surface area contributed by atoms with Crippen molar-refractivity contribution < 1.29 is 17.9 Å². The molecule has 3 aromatic rings. The molecular weight excluding hydrogens is 491 g/mol. The Balaban J connectivity index is 1.48. The minimum atomic E-state index is -3.54. The number of halogens is 2. The molecule has 1 aliphatic rings. The van der Waals surface area contributed by atoms with Gasteiger partial charge in [0.05, 0.1) is 25.2 Å². The van der Waals surface area contributed by atoms with Gasteiger partial charge in [0, 0.05) is 40.1 Å². The van der Waals surface area contributed by atoms with Crippen molar-refractivity contribution in [1.29, 1.82) is 0 Å². The number of hydrogen-bond acceptors (Lipinski definition) is 7. The molecule has 32 heavy (non-hydrogen) atoms. The third-order valence-corrected chi connectivity index (χ3v) is 9.12. The zero-order valence-electron chi connectivity index (χ0n) is 17.5. The van der Waals surface area contributed by atoms with E-state index in [1.54, 1.807) is 24.3 Å². The van der Waals surface area contributed by atoms with Gasteiger partial charge in [0.1, 0.15) is 16.4 Å². The lowest BCUT2D eigenvalue weighted by atomic mass is 10.1. The number of anilines is 1. The van der Waals surface area contributed by atoms with Gasteiger partial charge in [-0.3, -0.25) is 0 Å². The molecule has 0 N–H and O–H groups in total. The molecule has 2 aromatic carbocycles. The van der Waals surface area contributed by atoms with Crippen LogP contribution in [0.15, 0.2) is 46.7 Å². The van der Waals surface area contributed by atoms with Crippen molar-refractivity contribution >= 4 is 49.5 Å². The molecule has 1 aliphatic heterocycles. The monoisotopic (exact) mass is 512 g/mol. The predicted octanol–water partition coefficient (Wildman–Crippen LogP) is 5.58. The quantitative estimate of drug-likeness (QED) is 0.429. The van der Waals surface area contributed by atoms with Gasteiger partial charge in [0.2, 0.25) is 0 Å². The molecule has 0 unspecified atom stereocenters. The number of rotatable bonds is 6. The highest BCUT2D eigenvalue weighted by Gasteiger charge is 2.34. The summed E-state index contributed by atoms with van der Waals surface area (Å²) in [6, 6.07) is 10.1. The number of benzene rings is 2. The number of piperidine rings is 1. The molecular formula is C22H22Cl2N2O4S2. The summed E-state index contributed by atoms with van der Waals surface area (Å²) in [7, 11) is -0.543. The molecule has 170 valence electrons. The Labute approximate surface area is 201 Å². The lowest BCUT2D eigenvalue weighted by Crippen LogP contribution is -2.39. The molecule has 0 saturated carbocycles. The summed E-state index contributed by atoms with van der Waals surface area (Å²) in [5.74, 6) is 0.854. The summed E-state index contributed by atoms with van der Waals surface area (Å²) in [6.07, 6.45) is 1.02. The number of hydrogen-bond donors (Lipinski definition) is 0. The second kappa shape index (κ2) is 9.47. The Kier molecular flexibility index (Phi) is 6.86. The van der Waals surface area contributed by atoms with Gasteiger partial charge < -0.3 is 14.4 Å². The molecule has 10 heteroatoms. The van der Waals surface area contributed by atoms with Crippen LogP contribution >= 0.6 is 34.5 Å². The fourth-order valence-electron chi connectivity index (χ4n) is 3.79. The lowest BCUT2D eigenvalue weighted by molar-refractivity contribution is 0.385. The molecule has 0 amide bonds. The highest BCUT2D eigenvalue weighted by atomic mass is 35.5. The summed E-state index contributed by atoms with van der Waals surface area (Å²) in [4.78, 5) is 7.05. The van der Waals surface area contributed by atoms with E-state index in [4.69, 9.17) is 37.7 Å². The summed E-state index contributed by atoms with van der Waals surface area (Å²) in [6.45, 7) is 1.21. The molecule has 0 radical (unpaired) electrons. The van der Waals surface area contributed by atoms with Crippen LogP contribution in [-0.2, 0) is 9.84 Å². The maximum Gasteiger partial charge on any atom is 0.185 e. The summed E-state index contributed by atoms with van der Waals surface area (Å²) in [5, 5.41) is 3.45. The second-order valence-corrected chi connectivity index (χ2v) is 11.3. The van der Waals surface area contributed by atoms with E-state index in [2.05, 4.69) is 4.90 Å². The van der Waals surface area contributed by atoms with E-state index in [1.165, 1.54) is 25.6 Å². The first-order valence-corrected chi connectivity index (χ1v) is 13.1. The van der Waals surface area contributed by atoms with Gasteiger partial charge in [-0.15, -0.1) is 11.3 Å². The van der Waals surface area contributed by atoms with Gasteiger partial charge in [0.25, 0.3) is 0 Å². The smallest absolute Gasteiger partial charge is 0.185 e. The van der Waals surface area contributed by atoms with Gasteiger partial charge in [0.15, 0.2) is 15.0 Å². The SMILES string of the molecule is COc1ccc(S(=O)(=O)C2CCN(c3nc(-c4cc(Cl)cc(Cl)c4)cs3)CC2)c(OC)c1. The zero-order chi connectivity index (χ0) is 22.9. The molecule has 1 aromatic heterocycles. The zero-order valence-corrected chi connectivity index (χ0v) is 20.7. The molecule has 0 atom stereocenters. The van der Waals surface area contributed by atoms with Crippen LogP contribution in [0.1, 0.15) is 12.8 Å². The van der Waals surface area contributed by atoms with Crippen molar-refractivity contribution in [1.82, 2.24) is 4.98 Å². The van der Waals surface area contributed by atoms with E-state index in [9.17, 15) is 8.42 Å². The van der Waals surface area contributed by atoms with Crippen LogP contribution in [0.3, 0.4) is 0 Å². The average Bonchev–Trinajstić information content (AvgIpc) is 3.28. The van der Waals surface area contributed by atoms with Gasteiger partial charge in [-0.1, -0.05) is 23.2 Å². The molecule has 2 heterocycles. The van der Waals surface area contributed by atoms with E-state index in [-0.39, 0.29) is 4.90 Å². The third-order valence-electron chi connectivity index (χ3n) is 5.48. The third kappa shape index (κ3) is 4.69. The normalized spacial score (nSPS) is 15.1. The van der Waals surface area contributed by atoms with Gasteiger partial charge >= 0.3 is 0 Å².